The van der Waals surface area contributed by atoms with Gasteiger partial charge in [-0.2, -0.15) is 0 Å². The first-order valence-electron chi connectivity index (χ1n) is 5.89. The molecule has 0 N–H and O–H groups in total. The normalized spacial score (nSPS) is 10.0. The van der Waals surface area contributed by atoms with E-state index in [0.29, 0.717) is 40.7 Å². The van der Waals surface area contributed by atoms with Crippen LogP contribution in [-0.4, -0.2) is 12.9 Å². The highest BCUT2D eigenvalue weighted by molar-refractivity contribution is 6.32. The molecule has 0 heterocycles. The molecule has 0 amide bonds. The first-order chi connectivity index (χ1) is 9.26. The summed E-state index contributed by atoms with van der Waals surface area (Å²) in [6.45, 7) is 2.42. The molecule has 2 aromatic rings. The van der Waals surface area contributed by atoms with Crippen LogP contribution >= 0.6 is 11.6 Å². The van der Waals surface area contributed by atoms with Gasteiger partial charge in [-0.05, 0) is 31.2 Å². The Kier molecular flexibility index (Phi) is 4.42. The van der Waals surface area contributed by atoms with Crippen molar-refractivity contribution in [3.05, 3.63) is 53.1 Å². The number of carbonyl (C=O) groups excluding carboxylic acids is 1. The molecule has 0 atom stereocenters. The van der Waals surface area contributed by atoms with E-state index in [1.165, 1.54) is 0 Å². The molecule has 2 rings (SSSR count). The molecule has 98 valence electrons. The number of benzene rings is 2. The van der Waals surface area contributed by atoms with Gasteiger partial charge in [0, 0.05) is 0 Å². The van der Waals surface area contributed by atoms with E-state index in [0.717, 1.165) is 0 Å². The van der Waals surface area contributed by atoms with Gasteiger partial charge in [-0.3, -0.25) is 4.79 Å². The lowest BCUT2D eigenvalue weighted by molar-refractivity contribution is 0.112. The average Bonchev–Trinajstić information content (AvgIpc) is 2.43. The Morgan fingerprint density at radius 3 is 2.53 bits per heavy atom. The van der Waals surface area contributed by atoms with Gasteiger partial charge in [-0.25, -0.2) is 0 Å². The molecule has 0 fully saturated rings. The zero-order valence-corrected chi connectivity index (χ0v) is 11.2. The van der Waals surface area contributed by atoms with Crippen LogP contribution in [0.2, 0.25) is 5.02 Å². The summed E-state index contributed by atoms with van der Waals surface area (Å²) in [7, 11) is 0. The van der Waals surface area contributed by atoms with Crippen LogP contribution in [0.3, 0.4) is 0 Å². The molecule has 0 unspecified atom stereocenters. The quantitative estimate of drug-likeness (QED) is 0.762. The summed E-state index contributed by atoms with van der Waals surface area (Å²) in [6, 6.07) is 12.3. The number of ether oxygens (including phenoxy) is 2. The van der Waals surface area contributed by atoms with Crippen LogP contribution in [0, 0.1) is 0 Å². The van der Waals surface area contributed by atoms with E-state index in [4.69, 9.17) is 21.1 Å². The van der Waals surface area contributed by atoms with Gasteiger partial charge in [-0.15, -0.1) is 0 Å². The predicted octanol–water partition coefficient (Wildman–Crippen LogP) is 4.34. The van der Waals surface area contributed by atoms with Crippen LogP contribution in [0.5, 0.6) is 17.2 Å². The fourth-order valence-electron chi connectivity index (χ4n) is 1.65. The maximum absolute atomic E-state index is 11.0. The first kappa shape index (κ1) is 13.4. The minimum Gasteiger partial charge on any atom is -0.490 e. The minimum atomic E-state index is 0.339. The zero-order valence-electron chi connectivity index (χ0n) is 10.4. The van der Waals surface area contributed by atoms with E-state index in [1.807, 2.05) is 19.1 Å². The summed E-state index contributed by atoms with van der Waals surface area (Å²) in [5.74, 6) is 1.48. The number of aldehydes is 1. The van der Waals surface area contributed by atoms with Crippen molar-refractivity contribution in [2.45, 2.75) is 6.92 Å². The minimum absolute atomic E-state index is 0.339. The number of carbonyl (C=O) groups is 1. The summed E-state index contributed by atoms with van der Waals surface area (Å²) >= 11 is 6.06. The molecule has 0 aromatic heterocycles. The Morgan fingerprint density at radius 1 is 1.11 bits per heavy atom. The topological polar surface area (TPSA) is 35.5 Å². The lowest BCUT2D eigenvalue weighted by atomic mass is 10.2. The van der Waals surface area contributed by atoms with Crippen molar-refractivity contribution in [3.63, 3.8) is 0 Å². The molecule has 3 nitrogen and oxygen atoms in total. The van der Waals surface area contributed by atoms with Gasteiger partial charge in [0.15, 0.2) is 23.5 Å². The van der Waals surface area contributed by atoms with Gasteiger partial charge in [0.05, 0.1) is 17.2 Å². The summed E-state index contributed by atoms with van der Waals surface area (Å²) in [6.07, 6.45) is 0.713. The molecular formula is C15H13ClO3. The lowest BCUT2D eigenvalue weighted by Gasteiger charge is -2.13. The standard InChI is InChI=1S/C15H13ClO3/c1-2-18-13-8-3-4-9-14(13)19-15-11(10-17)6-5-7-12(15)16/h3-10H,2H2,1H3. The zero-order chi connectivity index (χ0) is 13.7. The number of halogens is 1. The fraction of sp³-hybridized carbons (Fsp3) is 0.133. The number of rotatable bonds is 5. The fourth-order valence-corrected chi connectivity index (χ4v) is 1.87. The Labute approximate surface area is 116 Å². The highest BCUT2D eigenvalue weighted by atomic mass is 35.5. The second-order valence-electron chi connectivity index (χ2n) is 3.76. The Hall–Kier alpha value is -2.00. The van der Waals surface area contributed by atoms with Crippen molar-refractivity contribution in [2.75, 3.05) is 6.61 Å². The lowest BCUT2D eigenvalue weighted by Crippen LogP contribution is -1.96. The smallest absolute Gasteiger partial charge is 0.169 e. The van der Waals surface area contributed by atoms with Crippen molar-refractivity contribution < 1.29 is 14.3 Å². The van der Waals surface area contributed by atoms with Crippen molar-refractivity contribution in [3.8, 4) is 17.2 Å². The maximum Gasteiger partial charge on any atom is 0.169 e. The van der Waals surface area contributed by atoms with E-state index in [2.05, 4.69) is 0 Å². The molecule has 2 aromatic carbocycles. The van der Waals surface area contributed by atoms with Gasteiger partial charge in [0.25, 0.3) is 0 Å². The molecule has 0 saturated carbocycles. The number of hydrogen-bond donors (Lipinski definition) is 0. The van der Waals surface area contributed by atoms with Crippen LogP contribution in [0.4, 0.5) is 0 Å². The molecule has 0 aliphatic heterocycles. The predicted molar refractivity (Wildman–Crippen MR) is 74.5 cm³/mol. The van der Waals surface area contributed by atoms with Gasteiger partial charge in [-0.1, -0.05) is 29.8 Å². The highest BCUT2D eigenvalue weighted by Crippen LogP contribution is 2.36. The third-order valence-corrected chi connectivity index (χ3v) is 2.78. The second-order valence-corrected chi connectivity index (χ2v) is 4.17. The highest BCUT2D eigenvalue weighted by Gasteiger charge is 2.11. The van der Waals surface area contributed by atoms with Crippen molar-refractivity contribution in [1.82, 2.24) is 0 Å². The summed E-state index contributed by atoms with van der Waals surface area (Å²) in [5, 5.41) is 0.385. The summed E-state index contributed by atoms with van der Waals surface area (Å²) in [5.41, 5.74) is 0.402. The average molecular weight is 277 g/mol. The van der Waals surface area contributed by atoms with Crippen molar-refractivity contribution in [1.29, 1.82) is 0 Å². The van der Waals surface area contributed by atoms with Crippen molar-refractivity contribution >= 4 is 17.9 Å². The molecule has 0 radical (unpaired) electrons. The molecular weight excluding hydrogens is 264 g/mol. The summed E-state index contributed by atoms with van der Waals surface area (Å²) in [4.78, 5) is 11.0. The maximum atomic E-state index is 11.0. The SMILES string of the molecule is CCOc1ccccc1Oc1c(Cl)cccc1C=O. The monoisotopic (exact) mass is 276 g/mol. The third-order valence-electron chi connectivity index (χ3n) is 2.49. The van der Waals surface area contributed by atoms with Crippen LogP contribution in [0.15, 0.2) is 42.5 Å². The number of para-hydroxylation sites is 3. The molecule has 19 heavy (non-hydrogen) atoms. The number of hydrogen-bond acceptors (Lipinski definition) is 3. The van der Waals surface area contributed by atoms with Crippen LogP contribution in [-0.2, 0) is 0 Å². The van der Waals surface area contributed by atoms with Gasteiger partial charge in [0.1, 0.15) is 0 Å². The molecule has 0 saturated heterocycles. The second kappa shape index (κ2) is 6.25. The molecule has 0 aliphatic rings. The van der Waals surface area contributed by atoms with E-state index < -0.39 is 0 Å². The van der Waals surface area contributed by atoms with Gasteiger partial charge in [0.2, 0.25) is 0 Å². The van der Waals surface area contributed by atoms with Crippen LogP contribution < -0.4 is 9.47 Å². The van der Waals surface area contributed by atoms with E-state index in [1.54, 1.807) is 30.3 Å². The molecule has 0 bridgehead atoms. The van der Waals surface area contributed by atoms with E-state index in [-0.39, 0.29) is 0 Å². The molecule has 0 spiro atoms. The molecule has 4 heteroatoms. The van der Waals surface area contributed by atoms with Crippen LogP contribution in [0.1, 0.15) is 17.3 Å². The van der Waals surface area contributed by atoms with Gasteiger partial charge >= 0.3 is 0 Å². The third kappa shape index (κ3) is 3.06. The summed E-state index contributed by atoms with van der Waals surface area (Å²) < 4.78 is 11.2. The largest absolute Gasteiger partial charge is 0.490 e. The molecule has 0 aliphatic carbocycles. The first-order valence-corrected chi connectivity index (χ1v) is 6.27. The van der Waals surface area contributed by atoms with Crippen LogP contribution in [0.25, 0.3) is 0 Å². The van der Waals surface area contributed by atoms with E-state index >= 15 is 0 Å². The van der Waals surface area contributed by atoms with E-state index in [9.17, 15) is 4.79 Å². The Morgan fingerprint density at radius 2 is 1.84 bits per heavy atom. The Bertz CT molecular complexity index is 581. The Balaban J connectivity index is 2.39. The van der Waals surface area contributed by atoms with Crippen molar-refractivity contribution in [2.24, 2.45) is 0 Å². The van der Waals surface area contributed by atoms with Gasteiger partial charge < -0.3 is 9.47 Å².